The minimum absolute atomic E-state index is 0.0595. The highest BCUT2D eigenvalue weighted by molar-refractivity contribution is 6.32. The van der Waals surface area contributed by atoms with Crippen LogP contribution in [-0.2, 0) is 44.8 Å². The van der Waals surface area contributed by atoms with Crippen LogP contribution in [0.15, 0.2) is 115 Å². The zero-order valence-electron chi connectivity index (χ0n) is 45.1. The van der Waals surface area contributed by atoms with Crippen LogP contribution in [0.4, 0.5) is 0 Å². The molecule has 0 aromatic heterocycles. The molecule has 15 N–H and O–H groups in total. The Morgan fingerprint density at radius 3 is 1.75 bits per heavy atom. The van der Waals surface area contributed by atoms with Crippen LogP contribution in [0.3, 0.4) is 0 Å². The number of carboxylic acids is 1. The zero-order valence-corrected chi connectivity index (χ0v) is 46.6. The van der Waals surface area contributed by atoms with Crippen LogP contribution in [0.5, 0.6) is 69.0 Å². The molecule has 7 aromatic rings. The molecule has 6 aliphatic heterocycles. The number of halogens is 2. The molecule has 0 saturated carbocycles. The van der Waals surface area contributed by atoms with E-state index in [1.165, 1.54) is 48.5 Å². The Balaban J connectivity index is 1.14. The largest absolute Gasteiger partial charge is 0.508 e. The van der Waals surface area contributed by atoms with Gasteiger partial charge in [0.1, 0.15) is 82.6 Å². The third kappa shape index (κ3) is 11.5. The monoisotopic (exact) mass is 1240 g/mol. The fraction of sp³-hybridized carbons (Fsp3) is 0.167. The van der Waals surface area contributed by atoms with Crippen molar-refractivity contribution in [3.63, 3.8) is 0 Å². The van der Waals surface area contributed by atoms with Crippen LogP contribution in [-0.4, -0.2) is 100 Å². The lowest BCUT2D eigenvalue weighted by Gasteiger charge is -2.31. The van der Waals surface area contributed by atoms with Gasteiger partial charge in [-0.1, -0.05) is 47.5 Å². The van der Waals surface area contributed by atoms with Crippen LogP contribution in [0, 0.1) is 0 Å². The van der Waals surface area contributed by atoms with E-state index in [-0.39, 0.29) is 66.4 Å². The van der Waals surface area contributed by atoms with Crippen LogP contribution in [0.1, 0.15) is 82.2 Å². The summed E-state index contributed by atoms with van der Waals surface area (Å²) in [6, 6.07) is 7.59. The molecule has 7 aromatic carbocycles. The summed E-state index contributed by atoms with van der Waals surface area (Å²) in [6.45, 7) is 1.13. The predicted molar refractivity (Wildman–Crippen MR) is 305 cm³/mol. The Hall–Kier alpha value is -11.0. The number of fused-ring (bicyclic) bond motifs is 14. The van der Waals surface area contributed by atoms with E-state index in [4.69, 9.17) is 37.4 Å². The second-order valence-corrected chi connectivity index (χ2v) is 21.6. The van der Waals surface area contributed by atoms with Crippen molar-refractivity contribution in [2.75, 3.05) is 0 Å². The third-order valence-electron chi connectivity index (χ3n) is 14.7. The van der Waals surface area contributed by atoms with E-state index >= 15 is 19.2 Å². The first kappa shape index (κ1) is 58.8. The summed E-state index contributed by atoms with van der Waals surface area (Å²) in [4.78, 5) is 116. The van der Waals surface area contributed by atoms with E-state index in [1.807, 2.05) is 0 Å². The van der Waals surface area contributed by atoms with Crippen molar-refractivity contribution < 1.29 is 93.4 Å². The fourth-order valence-corrected chi connectivity index (χ4v) is 11.0. The van der Waals surface area contributed by atoms with E-state index < -0.39 is 165 Å². The molecule has 450 valence electrons. The number of carboxylic acid groups (broad SMARTS) is 1. The third-order valence-corrected chi connectivity index (χ3v) is 15.3. The van der Waals surface area contributed by atoms with Crippen molar-refractivity contribution in [1.82, 2.24) is 37.2 Å². The first-order valence-corrected chi connectivity index (χ1v) is 27.2. The van der Waals surface area contributed by atoms with Crippen molar-refractivity contribution in [1.29, 1.82) is 0 Å². The van der Waals surface area contributed by atoms with Gasteiger partial charge < -0.3 is 92.3 Å². The maximum Gasteiger partial charge on any atom is 0.330 e. The van der Waals surface area contributed by atoms with E-state index in [2.05, 4.69) is 37.2 Å². The second kappa shape index (κ2) is 23.1. The van der Waals surface area contributed by atoms with Crippen LogP contribution in [0.25, 0.3) is 11.1 Å². The molecule has 8 atom stereocenters. The number of hydrogen-bond donors (Lipinski definition) is 15. The highest BCUT2D eigenvalue weighted by Crippen LogP contribution is 2.48. The predicted octanol–water partition coefficient (Wildman–Crippen LogP) is 5.16. The standard InChI is InChI=1S/C60H47Cl2N7O19/c1-22(70)63-46-25-4-7-38(74)42(16-25)86-31-13-27(12-29(71)19-31)48-57(81)67-49-28-17-43(87-40-8-2-23(10-34(40)61)11-36(54(78)65-48)64-55(46)79)53(77)44(18-28)88-41-9-5-26(15-35(41)62)52(76)51-59(83)68-50(60(84)85)33-20-30(72)21-39(75)45(33)32-14-24(3-6-37(32)73)47(56(80)69-51)66-58(49)82/h2-10,12-21,36,46-52,71-77H,11H2,1H3,(H,63,70)(H,64,79)(H,65,78)(H,66,82)(H,67,81)(H,68,83)(H,69,80)(H,84,85)/t36-,46-,47-,48+,49-,50+,51+,52-/m1/s1/i63+1. The van der Waals surface area contributed by atoms with Gasteiger partial charge in [-0.05, 0) is 112 Å². The Kier molecular flexibility index (Phi) is 15.5. The number of amides is 7. The normalized spacial score (nSPS) is 21.6. The van der Waals surface area contributed by atoms with Crippen LogP contribution < -0.4 is 51.4 Å². The van der Waals surface area contributed by atoms with E-state index in [0.717, 1.165) is 73.7 Å². The molecule has 26 nitrogen and oxygen atoms in total. The zero-order chi connectivity index (χ0) is 62.7. The van der Waals surface area contributed by atoms with Gasteiger partial charge >= 0.3 is 5.97 Å². The van der Waals surface area contributed by atoms with Gasteiger partial charge in [-0.25, -0.2) is 4.79 Å². The van der Waals surface area contributed by atoms with Crippen molar-refractivity contribution in [2.24, 2.45) is 0 Å². The van der Waals surface area contributed by atoms with E-state index in [9.17, 15) is 60.0 Å². The van der Waals surface area contributed by atoms with Crippen molar-refractivity contribution in [2.45, 2.75) is 61.7 Å². The lowest BCUT2D eigenvalue weighted by atomic mass is 9.89. The number of benzene rings is 7. The van der Waals surface area contributed by atoms with Crippen molar-refractivity contribution in [3.8, 4) is 80.1 Å². The molecule has 7 amide bonds. The second-order valence-electron chi connectivity index (χ2n) is 20.8. The van der Waals surface area contributed by atoms with Gasteiger partial charge in [0.15, 0.2) is 29.0 Å². The Bertz CT molecular complexity index is 4170. The number of rotatable bonds is 2. The summed E-state index contributed by atoms with van der Waals surface area (Å²) in [5.74, 6) is -16.1. The quantitative estimate of drug-likeness (QED) is 0.0994. The molecule has 0 aliphatic carbocycles. The molecule has 0 spiro atoms. The topological polar surface area (TPSA) is 410 Å². The number of carbonyl (C=O) groups is 8. The first-order chi connectivity index (χ1) is 41.9. The Morgan fingerprint density at radius 2 is 1.09 bits per heavy atom. The first-order valence-electron chi connectivity index (χ1n) is 26.4. The van der Waals surface area contributed by atoms with E-state index in [1.54, 1.807) is 0 Å². The lowest BCUT2D eigenvalue weighted by Crippen LogP contribution is -2.55. The van der Waals surface area contributed by atoms with Crippen LogP contribution >= 0.6 is 23.2 Å². The fourth-order valence-electron chi connectivity index (χ4n) is 10.6. The molecule has 0 saturated heterocycles. The Morgan fingerprint density at radius 1 is 0.511 bits per heavy atom. The average Bonchev–Trinajstić information content (AvgIpc) is 2.48. The number of aromatic hydroxyl groups is 6. The molecule has 17 bridgehead atoms. The summed E-state index contributed by atoms with van der Waals surface area (Å²) in [7, 11) is 0. The number of phenolic OH excluding ortho intramolecular Hbond substituents is 6. The molecule has 0 radical (unpaired) electrons. The number of aliphatic hydroxyl groups excluding tert-OH is 1. The van der Waals surface area contributed by atoms with Gasteiger partial charge in [-0.3, -0.25) is 33.6 Å². The highest BCUT2D eigenvalue weighted by atomic mass is 35.5. The summed E-state index contributed by atoms with van der Waals surface area (Å²) in [5, 5.41) is 108. The SMILES string of the molecule is CC(=O)[15NH][C@H]1C(=O)N[C@@H]2Cc3ccc(c(Cl)c3)Oc3cc4cc(c3O)Oc3ccc(cc3Cl)[C@@H](O)[C@@H]3NC(=O)[C@H](NC(=O)[C@@H]4NC(=O)[C@@H](NC2=O)c2cc(O)cc(c2)Oc2cc1ccc2O)c1ccc(O)c(c1)-c1c(O)cc(O)cc1[C@@H](C(=O)O)NC3=O. The molecule has 88 heavy (non-hydrogen) atoms. The summed E-state index contributed by atoms with van der Waals surface area (Å²) >= 11 is 13.7. The molecular formula is C60H47Cl2N7O19. The maximum absolute atomic E-state index is 15.7. The van der Waals surface area contributed by atoms with Gasteiger partial charge in [0.2, 0.25) is 47.1 Å². The van der Waals surface area contributed by atoms with Gasteiger partial charge in [0.05, 0.1) is 10.0 Å². The van der Waals surface area contributed by atoms with Crippen molar-refractivity contribution >= 4 is 70.5 Å². The number of nitrogens with one attached hydrogen (secondary N) is 7. The molecule has 28 heteroatoms. The van der Waals surface area contributed by atoms with Crippen molar-refractivity contribution in [3.05, 3.63) is 164 Å². The number of aliphatic hydroxyl groups is 1. The smallest absolute Gasteiger partial charge is 0.330 e. The summed E-state index contributed by atoms with van der Waals surface area (Å²) < 4.78 is 18.5. The van der Waals surface area contributed by atoms with Crippen LogP contribution in [0.2, 0.25) is 10.0 Å². The van der Waals surface area contributed by atoms with Gasteiger partial charge in [0.25, 0.3) is 0 Å². The number of hydrogen-bond acceptors (Lipinski definition) is 18. The molecule has 6 heterocycles. The molecule has 13 rings (SSSR count). The number of phenols is 6. The van der Waals surface area contributed by atoms with Gasteiger partial charge in [0, 0.05) is 42.2 Å². The molecule has 6 aliphatic rings. The number of aliphatic carboxylic acids is 1. The molecule has 0 fully saturated rings. The van der Waals surface area contributed by atoms with E-state index in [0.29, 0.717) is 0 Å². The maximum atomic E-state index is 15.7. The van der Waals surface area contributed by atoms with Gasteiger partial charge in [-0.15, -0.1) is 0 Å². The minimum Gasteiger partial charge on any atom is -0.508 e. The molecular weight excluding hydrogens is 1190 g/mol. The Labute approximate surface area is 505 Å². The summed E-state index contributed by atoms with van der Waals surface area (Å²) in [6.07, 6.45) is -2.54. The lowest BCUT2D eigenvalue weighted by molar-refractivity contribution is -0.143. The highest BCUT2D eigenvalue weighted by Gasteiger charge is 2.41. The minimum atomic E-state index is -2.21. The van der Waals surface area contributed by atoms with Gasteiger partial charge in [-0.2, -0.15) is 0 Å². The molecule has 0 unspecified atom stereocenters. The summed E-state index contributed by atoms with van der Waals surface area (Å²) in [5.41, 5.74) is -2.21. The number of carbonyl (C=O) groups excluding carboxylic acids is 7. The average molecular weight is 1240 g/mol. The number of ether oxygens (including phenoxy) is 3.